The summed E-state index contributed by atoms with van der Waals surface area (Å²) in [6.07, 6.45) is 0.685. The highest BCUT2D eigenvalue weighted by Crippen LogP contribution is 2.28. The minimum absolute atomic E-state index is 0.120. The Morgan fingerprint density at radius 2 is 1.63 bits per heavy atom. The third-order valence-electron chi connectivity index (χ3n) is 2.81. The van der Waals surface area contributed by atoms with Gasteiger partial charge >= 0.3 is 0 Å². The van der Waals surface area contributed by atoms with Crippen LogP contribution in [0.4, 0.5) is 0 Å². The van der Waals surface area contributed by atoms with Gasteiger partial charge in [-0.2, -0.15) is 0 Å². The van der Waals surface area contributed by atoms with Crippen molar-refractivity contribution in [2.24, 2.45) is 5.73 Å². The van der Waals surface area contributed by atoms with Crippen molar-refractivity contribution in [3.63, 3.8) is 0 Å². The van der Waals surface area contributed by atoms with E-state index in [1.54, 1.807) is 6.07 Å². The van der Waals surface area contributed by atoms with Gasteiger partial charge in [0.15, 0.2) is 0 Å². The predicted octanol–water partition coefficient (Wildman–Crippen LogP) is 5.65. The first-order valence-electron chi connectivity index (χ1n) is 5.62. The molecule has 0 aliphatic heterocycles. The third-order valence-corrected chi connectivity index (χ3v) is 4.76. The fraction of sp³-hybridized carbons (Fsp3) is 0.143. The number of benzene rings is 2. The summed E-state index contributed by atoms with van der Waals surface area (Å²) in [6, 6.07) is 11.1. The summed E-state index contributed by atoms with van der Waals surface area (Å²) >= 11 is 21.2. The molecule has 0 aromatic heterocycles. The van der Waals surface area contributed by atoms with Crippen LogP contribution in [-0.4, -0.2) is 0 Å². The minimum Gasteiger partial charge on any atom is -0.324 e. The Kier molecular flexibility index (Phi) is 5.15. The van der Waals surface area contributed by atoms with Crippen LogP contribution in [-0.2, 0) is 6.42 Å². The average Bonchev–Trinajstić information content (AvgIpc) is 2.37. The first-order chi connectivity index (χ1) is 8.97. The van der Waals surface area contributed by atoms with Gasteiger partial charge in [-0.25, -0.2) is 0 Å². The summed E-state index contributed by atoms with van der Waals surface area (Å²) < 4.78 is 0.844. The lowest BCUT2D eigenvalue weighted by Crippen LogP contribution is -2.13. The van der Waals surface area contributed by atoms with Gasteiger partial charge in [0.05, 0.1) is 15.1 Å². The Hall–Kier alpha value is -0.250. The van der Waals surface area contributed by atoms with Crippen LogP contribution in [0, 0.1) is 0 Å². The van der Waals surface area contributed by atoms with Crippen LogP contribution < -0.4 is 5.73 Å². The van der Waals surface area contributed by atoms with Crippen LogP contribution >= 0.6 is 50.7 Å². The number of halogens is 4. The molecule has 19 heavy (non-hydrogen) atoms. The van der Waals surface area contributed by atoms with Gasteiger partial charge < -0.3 is 5.73 Å². The highest BCUT2D eigenvalue weighted by Gasteiger charge is 2.10. The molecular weight excluding hydrogens is 368 g/mol. The molecule has 0 saturated carbocycles. The number of hydrogen-bond acceptors (Lipinski definition) is 1. The van der Waals surface area contributed by atoms with E-state index in [9.17, 15) is 0 Å². The van der Waals surface area contributed by atoms with E-state index in [-0.39, 0.29) is 6.04 Å². The SMILES string of the molecule is NC(Cc1ccc(Cl)c(Cl)c1)c1ccc(Cl)c(Br)c1. The van der Waals surface area contributed by atoms with E-state index in [0.29, 0.717) is 21.5 Å². The highest BCUT2D eigenvalue weighted by molar-refractivity contribution is 9.10. The smallest absolute Gasteiger partial charge is 0.0595 e. The Morgan fingerprint density at radius 1 is 0.947 bits per heavy atom. The molecule has 0 heterocycles. The van der Waals surface area contributed by atoms with Gasteiger partial charge in [0.25, 0.3) is 0 Å². The largest absolute Gasteiger partial charge is 0.324 e. The molecule has 2 aromatic carbocycles. The van der Waals surface area contributed by atoms with E-state index < -0.39 is 0 Å². The van der Waals surface area contributed by atoms with Gasteiger partial charge in [-0.05, 0) is 57.7 Å². The van der Waals surface area contributed by atoms with Gasteiger partial charge in [-0.15, -0.1) is 0 Å². The van der Waals surface area contributed by atoms with Crippen molar-refractivity contribution in [2.75, 3.05) is 0 Å². The number of rotatable bonds is 3. The summed E-state index contributed by atoms with van der Waals surface area (Å²) in [6.45, 7) is 0. The molecule has 0 saturated heterocycles. The van der Waals surface area contributed by atoms with Crippen LogP contribution in [0.3, 0.4) is 0 Å². The lowest BCUT2D eigenvalue weighted by molar-refractivity contribution is 0.721. The summed E-state index contributed by atoms with van der Waals surface area (Å²) in [5, 5.41) is 1.77. The van der Waals surface area contributed by atoms with E-state index in [0.717, 1.165) is 15.6 Å². The van der Waals surface area contributed by atoms with Crippen LogP contribution in [0.2, 0.25) is 15.1 Å². The Bertz CT molecular complexity index is 601. The van der Waals surface area contributed by atoms with Gasteiger partial charge in [0.1, 0.15) is 0 Å². The first-order valence-corrected chi connectivity index (χ1v) is 7.54. The molecule has 1 unspecified atom stereocenters. The van der Waals surface area contributed by atoms with Gasteiger partial charge in [0.2, 0.25) is 0 Å². The van der Waals surface area contributed by atoms with Crippen LogP contribution in [0.25, 0.3) is 0 Å². The van der Waals surface area contributed by atoms with Crippen LogP contribution in [0.15, 0.2) is 40.9 Å². The molecule has 5 heteroatoms. The monoisotopic (exact) mass is 377 g/mol. The number of hydrogen-bond donors (Lipinski definition) is 1. The summed E-state index contributed by atoms with van der Waals surface area (Å²) in [7, 11) is 0. The third kappa shape index (κ3) is 3.87. The lowest BCUT2D eigenvalue weighted by Gasteiger charge is -2.13. The Morgan fingerprint density at radius 3 is 2.26 bits per heavy atom. The molecule has 0 amide bonds. The van der Waals surface area contributed by atoms with E-state index in [4.69, 9.17) is 40.5 Å². The lowest BCUT2D eigenvalue weighted by atomic mass is 10.00. The molecule has 0 aliphatic carbocycles. The predicted molar refractivity (Wildman–Crippen MR) is 86.2 cm³/mol. The summed E-state index contributed by atoms with van der Waals surface area (Å²) in [5.41, 5.74) is 8.26. The quantitative estimate of drug-likeness (QED) is 0.732. The van der Waals surface area contributed by atoms with Crippen molar-refractivity contribution < 1.29 is 0 Å². The molecule has 2 aromatic rings. The molecule has 0 aliphatic rings. The normalized spacial score (nSPS) is 12.5. The topological polar surface area (TPSA) is 26.0 Å². The summed E-state index contributed by atoms with van der Waals surface area (Å²) in [4.78, 5) is 0. The fourth-order valence-corrected chi connectivity index (χ4v) is 2.62. The Labute approximate surface area is 135 Å². The zero-order valence-corrected chi connectivity index (χ0v) is 13.7. The maximum Gasteiger partial charge on any atom is 0.0595 e. The van der Waals surface area contributed by atoms with Crippen LogP contribution in [0.5, 0.6) is 0 Å². The van der Waals surface area contributed by atoms with Gasteiger partial charge in [-0.1, -0.05) is 46.9 Å². The van der Waals surface area contributed by atoms with Crippen molar-refractivity contribution >= 4 is 50.7 Å². The molecule has 0 fully saturated rings. The zero-order valence-electron chi connectivity index (χ0n) is 9.84. The Balaban J connectivity index is 2.17. The van der Waals surface area contributed by atoms with E-state index in [1.165, 1.54) is 0 Å². The van der Waals surface area contributed by atoms with E-state index in [2.05, 4.69) is 15.9 Å². The second-order valence-electron chi connectivity index (χ2n) is 4.23. The second-order valence-corrected chi connectivity index (χ2v) is 6.31. The van der Waals surface area contributed by atoms with Crippen molar-refractivity contribution in [2.45, 2.75) is 12.5 Å². The zero-order chi connectivity index (χ0) is 14.0. The molecule has 1 atom stereocenters. The first kappa shape index (κ1) is 15.1. The van der Waals surface area contributed by atoms with Gasteiger partial charge in [0, 0.05) is 10.5 Å². The van der Waals surface area contributed by atoms with Crippen molar-refractivity contribution in [3.8, 4) is 0 Å². The maximum atomic E-state index is 6.19. The molecule has 2 N–H and O–H groups in total. The van der Waals surface area contributed by atoms with Crippen molar-refractivity contribution in [1.82, 2.24) is 0 Å². The van der Waals surface area contributed by atoms with Crippen LogP contribution in [0.1, 0.15) is 17.2 Å². The highest BCUT2D eigenvalue weighted by atomic mass is 79.9. The average molecular weight is 380 g/mol. The molecule has 1 nitrogen and oxygen atoms in total. The molecule has 100 valence electrons. The van der Waals surface area contributed by atoms with Gasteiger partial charge in [-0.3, -0.25) is 0 Å². The molecule has 0 spiro atoms. The van der Waals surface area contributed by atoms with Crippen molar-refractivity contribution in [1.29, 1.82) is 0 Å². The maximum absolute atomic E-state index is 6.19. The molecule has 0 radical (unpaired) electrons. The fourth-order valence-electron chi connectivity index (χ4n) is 1.78. The summed E-state index contributed by atoms with van der Waals surface area (Å²) in [5.74, 6) is 0. The molecule has 0 bridgehead atoms. The van der Waals surface area contributed by atoms with E-state index in [1.807, 2.05) is 30.3 Å². The standard InChI is InChI=1S/C14H11BrCl3N/c15-10-7-9(2-4-11(10)16)14(19)6-8-1-3-12(17)13(18)5-8/h1-5,7,14H,6,19H2. The van der Waals surface area contributed by atoms with E-state index >= 15 is 0 Å². The van der Waals surface area contributed by atoms with Crippen molar-refractivity contribution in [3.05, 3.63) is 67.1 Å². The molecule has 2 rings (SSSR count). The molecular formula is C14H11BrCl3N. The minimum atomic E-state index is -0.120. The second kappa shape index (κ2) is 6.47. The number of nitrogens with two attached hydrogens (primary N) is 1.